The number of unbranched alkanes of at least 4 members (excludes halogenated alkanes) is 2. The van der Waals surface area contributed by atoms with Crippen LogP contribution in [0.15, 0.2) is 0 Å². The average Bonchev–Trinajstić information content (AvgIpc) is 2.37. The van der Waals surface area contributed by atoms with Gasteiger partial charge in [-0.3, -0.25) is 14.4 Å². The number of carbonyl (C=O) groups excluding carboxylic acids is 2. The van der Waals surface area contributed by atoms with E-state index in [-0.39, 0.29) is 25.2 Å². The van der Waals surface area contributed by atoms with E-state index in [0.717, 1.165) is 12.8 Å². The van der Waals surface area contributed by atoms with Crippen molar-refractivity contribution in [3.63, 3.8) is 0 Å². The van der Waals surface area contributed by atoms with Gasteiger partial charge in [-0.2, -0.15) is 0 Å². The van der Waals surface area contributed by atoms with Crippen molar-refractivity contribution in [2.45, 2.75) is 51.5 Å². The van der Waals surface area contributed by atoms with Crippen LogP contribution in [0.3, 0.4) is 0 Å². The minimum atomic E-state index is -1.24. The Morgan fingerprint density at radius 3 is 2.19 bits per heavy atom. The highest BCUT2D eigenvalue weighted by Gasteiger charge is 2.20. The van der Waals surface area contributed by atoms with Gasteiger partial charge in [0.2, 0.25) is 11.8 Å². The molecule has 0 aliphatic rings. The lowest BCUT2D eigenvalue weighted by atomic mass is 10.1. The standard InChI is InChI=1S/C13H22N2O6/c1-9(16)14-8-4-2-3-5-11(17)15-10(13(20)21)6-7-12(18)19/h10H,2-8H2,1H3,(H,14,16)(H,15,17)(H,18,19)(H,20,21). The van der Waals surface area contributed by atoms with Crippen LogP contribution in [0.4, 0.5) is 0 Å². The molecule has 0 aromatic rings. The lowest BCUT2D eigenvalue weighted by molar-refractivity contribution is -0.143. The summed E-state index contributed by atoms with van der Waals surface area (Å²) in [4.78, 5) is 43.4. The van der Waals surface area contributed by atoms with Gasteiger partial charge in [-0.15, -0.1) is 0 Å². The number of hydrogen-bond donors (Lipinski definition) is 4. The fourth-order valence-electron chi connectivity index (χ4n) is 1.64. The van der Waals surface area contributed by atoms with E-state index in [9.17, 15) is 19.2 Å². The first-order valence-electron chi connectivity index (χ1n) is 6.81. The van der Waals surface area contributed by atoms with Gasteiger partial charge in [0.25, 0.3) is 0 Å². The van der Waals surface area contributed by atoms with Crippen LogP contribution in [0, 0.1) is 0 Å². The topological polar surface area (TPSA) is 133 Å². The number of carboxylic acid groups (broad SMARTS) is 2. The molecule has 0 aromatic heterocycles. The van der Waals surface area contributed by atoms with Crippen molar-refractivity contribution in [2.24, 2.45) is 0 Å². The SMILES string of the molecule is CC(=O)NCCCCCC(=O)NC(CCC(=O)O)C(=O)O. The van der Waals surface area contributed by atoms with Crippen molar-refractivity contribution >= 4 is 23.8 Å². The molecule has 0 saturated heterocycles. The molecule has 21 heavy (non-hydrogen) atoms. The highest BCUT2D eigenvalue weighted by atomic mass is 16.4. The Hall–Kier alpha value is -2.12. The summed E-state index contributed by atoms with van der Waals surface area (Å²) in [5, 5.41) is 22.3. The molecule has 0 aliphatic heterocycles. The van der Waals surface area contributed by atoms with Crippen molar-refractivity contribution in [2.75, 3.05) is 6.54 Å². The number of hydrogen-bond acceptors (Lipinski definition) is 4. The van der Waals surface area contributed by atoms with Crippen LogP contribution in [0.25, 0.3) is 0 Å². The predicted octanol–water partition coefficient (Wildman–Crippen LogP) is 0.117. The molecule has 0 bridgehead atoms. The summed E-state index contributed by atoms with van der Waals surface area (Å²) in [5.41, 5.74) is 0. The van der Waals surface area contributed by atoms with Crippen LogP contribution in [0.1, 0.15) is 45.4 Å². The first-order valence-corrected chi connectivity index (χ1v) is 6.81. The number of carbonyl (C=O) groups is 4. The summed E-state index contributed by atoms with van der Waals surface area (Å²) in [6.07, 6.45) is 1.79. The van der Waals surface area contributed by atoms with Crippen LogP contribution in [-0.2, 0) is 19.2 Å². The molecule has 4 N–H and O–H groups in total. The molecule has 1 atom stereocenters. The quantitative estimate of drug-likeness (QED) is 0.401. The maximum atomic E-state index is 11.6. The average molecular weight is 302 g/mol. The monoisotopic (exact) mass is 302 g/mol. The zero-order valence-corrected chi connectivity index (χ0v) is 12.1. The Labute approximate surface area is 122 Å². The summed E-state index contributed by atoms with van der Waals surface area (Å²) < 4.78 is 0. The van der Waals surface area contributed by atoms with Crippen LogP contribution >= 0.6 is 0 Å². The number of aliphatic carboxylic acids is 2. The largest absolute Gasteiger partial charge is 0.481 e. The molecule has 8 heteroatoms. The molecule has 0 heterocycles. The molecule has 1 unspecified atom stereocenters. The molecule has 120 valence electrons. The van der Waals surface area contributed by atoms with Crippen molar-refractivity contribution in [3.8, 4) is 0 Å². The van der Waals surface area contributed by atoms with Crippen molar-refractivity contribution in [1.82, 2.24) is 10.6 Å². The van der Waals surface area contributed by atoms with Gasteiger partial charge in [0.1, 0.15) is 6.04 Å². The molecule has 0 aliphatic carbocycles. The molecular formula is C13H22N2O6. The molecule has 0 spiro atoms. The summed E-state index contributed by atoms with van der Waals surface area (Å²) in [6, 6.07) is -1.17. The van der Waals surface area contributed by atoms with E-state index in [1.807, 2.05) is 0 Å². The van der Waals surface area contributed by atoms with Gasteiger partial charge in [0, 0.05) is 26.3 Å². The number of carboxylic acids is 2. The van der Waals surface area contributed by atoms with Gasteiger partial charge in [-0.05, 0) is 19.3 Å². The number of nitrogens with one attached hydrogen (secondary N) is 2. The van der Waals surface area contributed by atoms with Crippen LogP contribution in [0.2, 0.25) is 0 Å². The second-order valence-electron chi connectivity index (χ2n) is 4.68. The predicted molar refractivity (Wildman–Crippen MR) is 73.6 cm³/mol. The third kappa shape index (κ3) is 11.4. The fraction of sp³-hybridized carbons (Fsp3) is 0.692. The van der Waals surface area contributed by atoms with Crippen LogP contribution in [-0.4, -0.2) is 46.6 Å². The summed E-state index contributed by atoms with van der Waals surface area (Å²) in [5.74, 6) is -2.86. The van der Waals surface area contributed by atoms with E-state index in [0.29, 0.717) is 13.0 Å². The van der Waals surface area contributed by atoms with Crippen molar-refractivity contribution in [3.05, 3.63) is 0 Å². The molecular weight excluding hydrogens is 280 g/mol. The molecule has 0 aromatic carbocycles. The highest BCUT2D eigenvalue weighted by molar-refractivity contribution is 5.83. The van der Waals surface area contributed by atoms with E-state index in [4.69, 9.17) is 10.2 Å². The van der Waals surface area contributed by atoms with Crippen LogP contribution < -0.4 is 10.6 Å². The Balaban J connectivity index is 3.85. The summed E-state index contributed by atoms with van der Waals surface area (Å²) in [7, 11) is 0. The van der Waals surface area contributed by atoms with E-state index < -0.39 is 23.9 Å². The first-order chi connectivity index (χ1) is 9.82. The van der Waals surface area contributed by atoms with Gasteiger partial charge in [0.05, 0.1) is 0 Å². The van der Waals surface area contributed by atoms with Gasteiger partial charge in [-0.25, -0.2) is 4.79 Å². The van der Waals surface area contributed by atoms with E-state index in [2.05, 4.69) is 10.6 Å². The zero-order valence-electron chi connectivity index (χ0n) is 12.1. The highest BCUT2D eigenvalue weighted by Crippen LogP contribution is 2.02. The van der Waals surface area contributed by atoms with Crippen molar-refractivity contribution < 1.29 is 29.4 Å². The molecule has 0 rings (SSSR count). The minimum absolute atomic E-state index is 0.101. The Kier molecular flexibility index (Phi) is 9.57. The van der Waals surface area contributed by atoms with E-state index in [1.165, 1.54) is 6.92 Å². The van der Waals surface area contributed by atoms with Crippen LogP contribution in [0.5, 0.6) is 0 Å². The second-order valence-corrected chi connectivity index (χ2v) is 4.68. The van der Waals surface area contributed by atoms with Crippen molar-refractivity contribution in [1.29, 1.82) is 0 Å². The molecule has 0 fully saturated rings. The third-order valence-corrected chi connectivity index (χ3v) is 2.73. The van der Waals surface area contributed by atoms with E-state index in [1.54, 1.807) is 0 Å². The Bertz CT molecular complexity index is 383. The molecule has 0 saturated carbocycles. The Morgan fingerprint density at radius 2 is 1.67 bits per heavy atom. The van der Waals surface area contributed by atoms with E-state index >= 15 is 0 Å². The molecule has 8 nitrogen and oxygen atoms in total. The first kappa shape index (κ1) is 18.9. The van der Waals surface area contributed by atoms with Gasteiger partial charge < -0.3 is 20.8 Å². The number of amides is 2. The molecule has 0 radical (unpaired) electrons. The normalized spacial score (nSPS) is 11.5. The lowest BCUT2D eigenvalue weighted by Gasteiger charge is -2.13. The van der Waals surface area contributed by atoms with Gasteiger partial charge >= 0.3 is 11.9 Å². The third-order valence-electron chi connectivity index (χ3n) is 2.73. The summed E-state index contributed by atoms with van der Waals surface area (Å²) in [6.45, 7) is 1.98. The Morgan fingerprint density at radius 1 is 1.00 bits per heavy atom. The lowest BCUT2D eigenvalue weighted by Crippen LogP contribution is -2.41. The van der Waals surface area contributed by atoms with Gasteiger partial charge in [0.15, 0.2) is 0 Å². The van der Waals surface area contributed by atoms with Gasteiger partial charge in [-0.1, -0.05) is 6.42 Å². The second kappa shape index (κ2) is 10.6. The maximum absolute atomic E-state index is 11.6. The zero-order chi connectivity index (χ0) is 16.3. The summed E-state index contributed by atoms with van der Waals surface area (Å²) >= 11 is 0. The molecule has 2 amide bonds. The smallest absolute Gasteiger partial charge is 0.326 e. The maximum Gasteiger partial charge on any atom is 0.326 e. The minimum Gasteiger partial charge on any atom is -0.481 e. The number of rotatable bonds is 11. The fourth-order valence-corrected chi connectivity index (χ4v) is 1.64.